The number of rotatable bonds is 7. The van der Waals surface area contributed by atoms with Gasteiger partial charge in [0.2, 0.25) is 0 Å². The van der Waals surface area contributed by atoms with Gasteiger partial charge in [0.25, 0.3) is 5.91 Å². The maximum absolute atomic E-state index is 12.7. The largest absolute Gasteiger partial charge is 0.490 e. The second kappa shape index (κ2) is 11.2. The van der Waals surface area contributed by atoms with Gasteiger partial charge < -0.3 is 14.4 Å². The van der Waals surface area contributed by atoms with Crippen molar-refractivity contribution in [3.8, 4) is 5.75 Å². The maximum atomic E-state index is 12.7. The number of hydrogen-bond acceptors (Lipinski definition) is 6. The van der Waals surface area contributed by atoms with Gasteiger partial charge in [-0.3, -0.25) is 14.5 Å². The molecule has 3 heterocycles. The zero-order valence-electron chi connectivity index (χ0n) is 19.6. The van der Waals surface area contributed by atoms with Crippen LogP contribution in [0.2, 0.25) is 0 Å². The maximum Gasteiger partial charge on any atom is 0.323 e. The van der Waals surface area contributed by atoms with E-state index in [0.29, 0.717) is 13.2 Å². The van der Waals surface area contributed by atoms with E-state index in [9.17, 15) is 9.59 Å². The van der Waals surface area contributed by atoms with E-state index >= 15 is 0 Å². The number of aryl methyl sites for hydroxylation is 1. The van der Waals surface area contributed by atoms with Gasteiger partial charge in [-0.15, -0.1) is 11.3 Å². The molecule has 0 aliphatic carbocycles. The lowest BCUT2D eigenvalue weighted by molar-refractivity contribution is -0.151. The van der Waals surface area contributed by atoms with E-state index in [4.69, 9.17) is 9.47 Å². The molecule has 2 aliphatic heterocycles. The van der Waals surface area contributed by atoms with Crippen molar-refractivity contribution in [1.29, 1.82) is 0 Å². The summed E-state index contributed by atoms with van der Waals surface area (Å²) in [7, 11) is 0. The number of benzene rings is 1. The Balaban J connectivity index is 1.31. The van der Waals surface area contributed by atoms with Gasteiger partial charge in [-0.1, -0.05) is 18.6 Å². The topological polar surface area (TPSA) is 59.1 Å². The van der Waals surface area contributed by atoms with Crippen LogP contribution in [-0.2, 0) is 16.1 Å². The Hall–Kier alpha value is -2.38. The van der Waals surface area contributed by atoms with E-state index in [1.807, 2.05) is 43.0 Å². The Morgan fingerprint density at radius 2 is 1.88 bits per heavy atom. The van der Waals surface area contributed by atoms with Gasteiger partial charge in [-0.05, 0) is 63.1 Å². The van der Waals surface area contributed by atoms with Crippen LogP contribution in [0.4, 0.5) is 0 Å². The first kappa shape index (κ1) is 23.8. The molecule has 7 heteroatoms. The van der Waals surface area contributed by atoms with Gasteiger partial charge in [-0.25, -0.2) is 0 Å². The summed E-state index contributed by atoms with van der Waals surface area (Å²) in [6, 6.07) is 12.0. The fourth-order valence-corrected chi connectivity index (χ4v) is 5.55. The molecule has 2 aromatic rings. The molecule has 4 rings (SSSR count). The van der Waals surface area contributed by atoms with Crippen molar-refractivity contribution in [2.45, 2.75) is 64.6 Å². The van der Waals surface area contributed by atoms with Gasteiger partial charge in [0.1, 0.15) is 17.9 Å². The lowest BCUT2D eigenvalue weighted by atomic mass is 10.0. The molecule has 1 aromatic carbocycles. The van der Waals surface area contributed by atoms with Crippen molar-refractivity contribution in [1.82, 2.24) is 9.80 Å². The molecule has 0 saturated carbocycles. The highest BCUT2D eigenvalue weighted by Crippen LogP contribution is 2.25. The first-order valence-corrected chi connectivity index (χ1v) is 12.9. The quantitative estimate of drug-likeness (QED) is 0.551. The predicted octanol–water partition coefficient (Wildman–Crippen LogP) is 4.66. The van der Waals surface area contributed by atoms with Crippen molar-refractivity contribution >= 4 is 23.2 Å². The summed E-state index contributed by atoms with van der Waals surface area (Å²) >= 11 is 1.56. The molecule has 6 nitrogen and oxygen atoms in total. The lowest BCUT2D eigenvalue weighted by Crippen LogP contribution is -2.44. The van der Waals surface area contributed by atoms with Crippen LogP contribution in [-0.4, -0.2) is 60.1 Å². The zero-order valence-corrected chi connectivity index (χ0v) is 20.4. The third-order valence-electron chi connectivity index (χ3n) is 6.44. The molecule has 1 amide bonds. The Morgan fingerprint density at radius 3 is 2.61 bits per heavy atom. The number of carbonyl (C=O) groups excluding carboxylic acids is 2. The number of esters is 1. The van der Waals surface area contributed by atoms with Gasteiger partial charge in [0.05, 0.1) is 11.5 Å². The van der Waals surface area contributed by atoms with Crippen LogP contribution < -0.4 is 4.74 Å². The van der Waals surface area contributed by atoms with Crippen LogP contribution in [0.25, 0.3) is 0 Å². The summed E-state index contributed by atoms with van der Waals surface area (Å²) < 4.78 is 11.6. The first-order valence-electron chi connectivity index (χ1n) is 12.1. The van der Waals surface area contributed by atoms with Crippen molar-refractivity contribution in [3.63, 3.8) is 0 Å². The molecule has 33 heavy (non-hydrogen) atoms. The Morgan fingerprint density at radius 1 is 1.06 bits per heavy atom. The van der Waals surface area contributed by atoms with E-state index in [-0.39, 0.29) is 24.0 Å². The second-order valence-electron chi connectivity index (χ2n) is 8.90. The molecule has 0 unspecified atom stereocenters. The first-order chi connectivity index (χ1) is 16.0. The van der Waals surface area contributed by atoms with Crippen LogP contribution >= 0.6 is 11.3 Å². The molecule has 178 valence electrons. The number of nitrogens with zero attached hydrogens (tertiary/aromatic N) is 2. The van der Waals surface area contributed by atoms with E-state index in [0.717, 1.165) is 72.8 Å². The van der Waals surface area contributed by atoms with Crippen molar-refractivity contribution in [2.75, 3.05) is 26.2 Å². The van der Waals surface area contributed by atoms with Crippen LogP contribution in [0.5, 0.6) is 5.75 Å². The Kier molecular flexibility index (Phi) is 8.04. The highest BCUT2D eigenvalue weighted by atomic mass is 32.1. The molecule has 1 atom stereocenters. The van der Waals surface area contributed by atoms with Crippen molar-refractivity contribution < 1.29 is 19.1 Å². The van der Waals surface area contributed by atoms with Gasteiger partial charge in [-0.2, -0.15) is 0 Å². The highest BCUT2D eigenvalue weighted by Gasteiger charge is 2.30. The summed E-state index contributed by atoms with van der Waals surface area (Å²) in [6.45, 7) is 7.36. The third kappa shape index (κ3) is 6.15. The lowest BCUT2D eigenvalue weighted by Gasteiger charge is -2.34. The zero-order chi connectivity index (χ0) is 23.2. The van der Waals surface area contributed by atoms with E-state index in [1.54, 1.807) is 11.3 Å². The molecule has 2 fully saturated rings. The molecule has 2 saturated heterocycles. The second-order valence-corrected chi connectivity index (χ2v) is 10.2. The average molecular weight is 471 g/mol. The minimum atomic E-state index is -0.155. The van der Waals surface area contributed by atoms with Crippen molar-refractivity contribution in [2.24, 2.45) is 0 Å². The van der Waals surface area contributed by atoms with Crippen LogP contribution in [0.1, 0.15) is 59.1 Å². The summed E-state index contributed by atoms with van der Waals surface area (Å²) in [5.41, 5.74) is 1.14. The monoisotopic (exact) mass is 470 g/mol. The fourth-order valence-electron chi connectivity index (χ4n) is 4.71. The number of thiophene rings is 1. The number of likely N-dealkylation sites (tertiary alicyclic amines) is 2. The van der Waals surface area contributed by atoms with Crippen LogP contribution in [0.15, 0.2) is 36.4 Å². The molecule has 0 N–H and O–H groups in total. The standard InChI is InChI=1S/C26H34N2O4S/c1-3-31-26(30)23-9-4-5-14-28(23)18-20-7-6-8-22(17-20)32-21-12-15-27(16-13-21)25(29)24-11-10-19(2)33-24/h6-8,10-11,17,21,23H,3-5,9,12-16,18H2,1-2H3/t23-/m1/s1. The minimum Gasteiger partial charge on any atom is -0.490 e. The predicted molar refractivity (Wildman–Crippen MR) is 130 cm³/mol. The molecular formula is C26H34N2O4S. The smallest absolute Gasteiger partial charge is 0.323 e. The number of ether oxygens (including phenoxy) is 2. The van der Waals surface area contributed by atoms with E-state index < -0.39 is 0 Å². The third-order valence-corrected chi connectivity index (χ3v) is 7.43. The minimum absolute atomic E-state index is 0.108. The molecule has 0 spiro atoms. The number of carbonyl (C=O) groups is 2. The van der Waals surface area contributed by atoms with Crippen molar-refractivity contribution in [3.05, 3.63) is 51.7 Å². The summed E-state index contributed by atoms with van der Waals surface area (Å²) in [5.74, 6) is 0.880. The molecule has 1 aromatic heterocycles. The number of hydrogen-bond donors (Lipinski definition) is 0. The highest BCUT2D eigenvalue weighted by molar-refractivity contribution is 7.13. The number of piperidine rings is 2. The fraction of sp³-hybridized carbons (Fsp3) is 0.538. The van der Waals surface area contributed by atoms with Gasteiger partial charge >= 0.3 is 5.97 Å². The Labute approximate surface area is 200 Å². The molecule has 0 bridgehead atoms. The SMILES string of the molecule is CCOC(=O)[C@H]1CCCCN1Cc1cccc(OC2CCN(C(=O)c3ccc(C)s3)CC2)c1. The summed E-state index contributed by atoms with van der Waals surface area (Å²) in [4.78, 5) is 31.2. The van der Waals surface area contributed by atoms with E-state index in [2.05, 4.69) is 17.0 Å². The molecule has 2 aliphatic rings. The van der Waals surface area contributed by atoms with Crippen LogP contribution in [0, 0.1) is 6.92 Å². The number of amides is 1. The normalized spacial score (nSPS) is 19.9. The Bertz CT molecular complexity index is 951. The summed E-state index contributed by atoms with van der Waals surface area (Å²) in [6.07, 6.45) is 4.80. The van der Waals surface area contributed by atoms with Gasteiger partial charge in [0, 0.05) is 37.4 Å². The molecule has 0 radical (unpaired) electrons. The van der Waals surface area contributed by atoms with E-state index in [1.165, 1.54) is 0 Å². The average Bonchev–Trinajstić information content (AvgIpc) is 3.26. The van der Waals surface area contributed by atoms with Crippen LogP contribution in [0.3, 0.4) is 0 Å². The summed E-state index contributed by atoms with van der Waals surface area (Å²) in [5, 5.41) is 0. The molecular weight excluding hydrogens is 436 g/mol. The van der Waals surface area contributed by atoms with Gasteiger partial charge in [0.15, 0.2) is 0 Å².